The molecule has 0 aliphatic heterocycles. The summed E-state index contributed by atoms with van der Waals surface area (Å²) < 4.78 is 4.50. The molecule has 0 atom stereocenters. The number of rotatable bonds is 2. The number of hydrogen-bond donors (Lipinski definition) is 0. The number of ether oxygens (including phenoxy) is 1. The number of nitrogens with one attached hydrogen (secondary N) is 1. The standard InChI is InChI=1S/C9H9O2.B2HN.Y/c1-11-9(10)7-8-5-3-2-4-6-8;1-2-3;/h3-6H,7H2,1H3;3H;/q2*-1;. The number of benzene rings is 1. The molecule has 0 bridgehead atoms. The van der Waals surface area contributed by atoms with E-state index in [0.717, 1.165) is 12.9 Å². The molecular weight excluding hydrogens is 265 g/mol. The summed E-state index contributed by atoms with van der Waals surface area (Å²) in [6.45, 7) is 0. The maximum absolute atomic E-state index is 10.7. The largest absolute Gasteiger partial charge is 0.715 e. The van der Waals surface area contributed by atoms with Gasteiger partial charge in [0, 0.05) is 39.1 Å². The van der Waals surface area contributed by atoms with Crippen molar-refractivity contribution in [1.82, 2.24) is 0 Å². The van der Waals surface area contributed by atoms with Gasteiger partial charge in [-0.05, 0) is 7.74 Å². The summed E-state index contributed by atoms with van der Waals surface area (Å²) in [5.74, 6) is -0.212. The van der Waals surface area contributed by atoms with Crippen molar-refractivity contribution in [1.29, 1.82) is 0 Å². The van der Waals surface area contributed by atoms with Gasteiger partial charge in [-0.15, -0.1) is 12.9 Å². The average molecular weight is 275 g/mol. The summed E-state index contributed by atoms with van der Waals surface area (Å²) in [6.07, 6.45) is 0.338. The van der Waals surface area contributed by atoms with Crippen LogP contribution in [0, 0.1) is 6.07 Å². The third kappa shape index (κ3) is 10.2. The minimum atomic E-state index is -0.212. The Kier molecular flexibility index (Phi) is 13.8. The maximum atomic E-state index is 10.7. The summed E-state index contributed by atoms with van der Waals surface area (Å²) in [5, 5.41) is 0. The van der Waals surface area contributed by atoms with Crippen LogP contribution >= 0.6 is 0 Å². The van der Waals surface area contributed by atoms with Crippen LogP contribution in [0.15, 0.2) is 24.3 Å². The molecule has 6 heteroatoms. The molecular formula is C9H10B2NO2Y-2. The summed E-state index contributed by atoms with van der Waals surface area (Å²) in [7, 11) is 6.53. The minimum Gasteiger partial charge on any atom is -0.715 e. The van der Waals surface area contributed by atoms with Gasteiger partial charge in [0.1, 0.15) is 0 Å². The molecule has 0 saturated carbocycles. The fourth-order valence-electron chi connectivity index (χ4n) is 0.778. The van der Waals surface area contributed by atoms with Crippen LogP contribution in [-0.4, -0.2) is 28.1 Å². The number of esters is 1. The first-order valence-electron chi connectivity index (χ1n) is 3.97. The van der Waals surface area contributed by atoms with Crippen LogP contribution in [-0.2, 0) is 48.7 Å². The molecule has 0 saturated heterocycles. The van der Waals surface area contributed by atoms with Gasteiger partial charge in [-0.1, -0.05) is 0 Å². The Morgan fingerprint density at radius 2 is 2.07 bits per heavy atom. The van der Waals surface area contributed by atoms with E-state index < -0.39 is 0 Å². The van der Waals surface area contributed by atoms with E-state index in [1.165, 1.54) is 7.11 Å². The van der Waals surface area contributed by atoms with Gasteiger partial charge in [0.05, 0.1) is 7.11 Å². The van der Waals surface area contributed by atoms with Gasteiger partial charge >= 0.3 is 5.97 Å². The van der Waals surface area contributed by atoms with Crippen molar-refractivity contribution in [2.75, 3.05) is 7.11 Å². The first-order chi connectivity index (χ1) is 6.74. The zero-order valence-corrected chi connectivity index (χ0v) is 11.4. The van der Waals surface area contributed by atoms with E-state index in [9.17, 15) is 4.79 Å². The van der Waals surface area contributed by atoms with Crippen molar-refractivity contribution in [3.05, 3.63) is 41.5 Å². The van der Waals surface area contributed by atoms with Gasteiger partial charge < -0.3 is 10.4 Å². The van der Waals surface area contributed by atoms with Crippen LogP contribution in [0.3, 0.4) is 0 Å². The first kappa shape index (κ1) is 17.3. The SMILES string of the molecule is COC(=O)Cc1cc[c-]cc1.[B][B][NH-].[Y]. The zero-order valence-electron chi connectivity index (χ0n) is 8.57. The van der Waals surface area contributed by atoms with Gasteiger partial charge in [-0.2, -0.15) is 30.3 Å². The Morgan fingerprint density at radius 1 is 1.60 bits per heavy atom. The molecule has 0 heterocycles. The summed E-state index contributed by atoms with van der Waals surface area (Å²) in [5.41, 5.74) is 6.82. The summed E-state index contributed by atoms with van der Waals surface area (Å²) in [6, 6.07) is 10.1. The molecule has 1 aromatic carbocycles. The van der Waals surface area contributed by atoms with E-state index in [-0.39, 0.29) is 38.7 Å². The van der Waals surface area contributed by atoms with Crippen LogP contribution in [0.2, 0.25) is 0 Å². The fraction of sp³-hybridized carbons (Fsp3) is 0.222. The van der Waals surface area contributed by atoms with Crippen LogP contribution in [0.4, 0.5) is 0 Å². The van der Waals surface area contributed by atoms with Crippen molar-refractivity contribution in [2.45, 2.75) is 6.42 Å². The molecule has 4 radical (unpaired) electrons. The Hall–Kier alpha value is -0.116. The van der Waals surface area contributed by atoms with Crippen LogP contribution in [0.25, 0.3) is 5.64 Å². The van der Waals surface area contributed by atoms with Crippen molar-refractivity contribution >= 4 is 21.0 Å². The molecule has 0 amide bonds. The van der Waals surface area contributed by atoms with E-state index in [1.807, 2.05) is 12.1 Å². The summed E-state index contributed by atoms with van der Waals surface area (Å²) in [4.78, 5) is 10.7. The van der Waals surface area contributed by atoms with Crippen molar-refractivity contribution in [2.24, 2.45) is 0 Å². The van der Waals surface area contributed by atoms with Gasteiger partial charge in [0.15, 0.2) is 0 Å². The summed E-state index contributed by atoms with van der Waals surface area (Å²) >= 11 is 0. The van der Waals surface area contributed by atoms with Crippen LogP contribution in [0.5, 0.6) is 0 Å². The molecule has 0 aliphatic carbocycles. The van der Waals surface area contributed by atoms with E-state index in [2.05, 4.69) is 18.5 Å². The third-order valence-electron chi connectivity index (χ3n) is 1.36. The molecule has 0 aromatic heterocycles. The van der Waals surface area contributed by atoms with Gasteiger partial charge in [0.25, 0.3) is 0 Å². The van der Waals surface area contributed by atoms with Gasteiger partial charge in [-0.3, -0.25) is 4.79 Å². The molecule has 0 aliphatic rings. The van der Waals surface area contributed by atoms with Gasteiger partial charge in [0.2, 0.25) is 0 Å². The molecule has 1 rings (SSSR count). The Morgan fingerprint density at radius 3 is 2.47 bits per heavy atom. The van der Waals surface area contributed by atoms with Crippen LogP contribution in [0.1, 0.15) is 5.56 Å². The zero-order chi connectivity index (χ0) is 10.8. The maximum Gasteiger partial charge on any atom is 0.307 e. The smallest absolute Gasteiger partial charge is 0.307 e. The second kappa shape index (κ2) is 12.0. The van der Waals surface area contributed by atoms with Crippen LogP contribution < -0.4 is 0 Å². The number of carbonyl (C=O) groups is 1. The van der Waals surface area contributed by atoms with Crippen molar-refractivity contribution < 1.29 is 42.2 Å². The number of carbonyl (C=O) groups excluding carboxylic acids is 1. The average Bonchev–Trinajstić information content (AvgIpc) is 2.20. The minimum absolute atomic E-state index is 0. The monoisotopic (exact) mass is 275 g/mol. The topological polar surface area (TPSA) is 50.1 Å². The quantitative estimate of drug-likeness (QED) is 0.458. The second-order valence-corrected chi connectivity index (χ2v) is 2.33. The first-order valence-corrected chi connectivity index (χ1v) is 3.97. The van der Waals surface area contributed by atoms with E-state index in [4.69, 9.17) is 5.64 Å². The second-order valence-electron chi connectivity index (χ2n) is 2.33. The number of hydrogen-bond acceptors (Lipinski definition) is 2. The van der Waals surface area contributed by atoms with E-state index in [1.54, 1.807) is 12.1 Å². The Labute approximate surface area is 118 Å². The number of methoxy groups -OCH3 is 1. The molecule has 1 N–H and O–H groups in total. The molecule has 0 spiro atoms. The predicted octanol–water partition coefficient (Wildman–Crippen LogP) is 0.941. The van der Waals surface area contributed by atoms with E-state index in [0.29, 0.717) is 6.42 Å². The third-order valence-corrected chi connectivity index (χ3v) is 1.36. The molecule has 15 heavy (non-hydrogen) atoms. The van der Waals surface area contributed by atoms with Gasteiger partial charge in [-0.25, -0.2) is 0 Å². The Bertz CT molecular complexity index is 260. The molecule has 0 unspecified atom stereocenters. The molecule has 3 nitrogen and oxygen atoms in total. The predicted molar refractivity (Wildman–Crippen MR) is 56.8 cm³/mol. The normalized spacial score (nSPS) is 7.60. The van der Waals surface area contributed by atoms with E-state index >= 15 is 0 Å². The van der Waals surface area contributed by atoms with Crippen molar-refractivity contribution in [3.8, 4) is 0 Å². The van der Waals surface area contributed by atoms with Crippen molar-refractivity contribution in [3.63, 3.8) is 0 Å². The Balaban J connectivity index is 0. The molecule has 74 valence electrons. The molecule has 1 aromatic rings. The fourth-order valence-corrected chi connectivity index (χ4v) is 0.778. The molecule has 0 fully saturated rings.